The van der Waals surface area contributed by atoms with Gasteiger partial charge in [-0.15, -0.1) is 21.5 Å². The smallest absolute Gasteiger partial charge is 0.257 e. The Morgan fingerprint density at radius 3 is 2.88 bits per heavy atom. The summed E-state index contributed by atoms with van der Waals surface area (Å²) in [6.07, 6.45) is 1.57. The highest BCUT2D eigenvalue weighted by Gasteiger charge is 2.35. The van der Waals surface area contributed by atoms with Crippen molar-refractivity contribution in [2.75, 3.05) is 13.1 Å². The lowest BCUT2D eigenvalue weighted by Gasteiger charge is -2.30. The number of aryl methyl sites for hydroxylation is 2. The summed E-state index contributed by atoms with van der Waals surface area (Å²) in [5, 5.41) is 17.0. The van der Waals surface area contributed by atoms with Crippen LogP contribution in [-0.2, 0) is 10.0 Å². The molecule has 0 aliphatic carbocycles. The molecule has 1 aliphatic rings. The summed E-state index contributed by atoms with van der Waals surface area (Å²) in [5.41, 5.74) is 1.05. The van der Waals surface area contributed by atoms with E-state index in [1.807, 2.05) is 17.5 Å². The third-order valence-electron chi connectivity index (χ3n) is 4.56. The van der Waals surface area contributed by atoms with Gasteiger partial charge in [0.15, 0.2) is 0 Å². The van der Waals surface area contributed by atoms with Crippen LogP contribution in [-0.4, -0.2) is 46.2 Å². The fraction of sp³-hybridized carbons (Fsp3) is 0.438. The quantitative estimate of drug-likeness (QED) is 0.731. The zero-order chi connectivity index (χ0) is 18.3. The first-order chi connectivity index (χ1) is 12.5. The second-order valence-electron chi connectivity index (χ2n) is 6.39. The van der Waals surface area contributed by atoms with Gasteiger partial charge in [0.2, 0.25) is 15.9 Å². The number of aromatic amines is 1. The summed E-state index contributed by atoms with van der Waals surface area (Å²) in [6, 6.07) is 3.85. The lowest BCUT2D eigenvalue weighted by atomic mass is 10.00. The number of H-pyrrole nitrogens is 1. The molecular formula is C16H19N5O3S2. The molecule has 10 heteroatoms. The molecule has 3 aromatic rings. The van der Waals surface area contributed by atoms with Crippen molar-refractivity contribution < 1.29 is 12.8 Å². The fourth-order valence-electron chi connectivity index (χ4n) is 3.31. The zero-order valence-corrected chi connectivity index (χ0v) is 16.1. The van der Waals surface area contributed by atoms with Gasteiger partial charge in [0.1, 0.15) is 4.90 Å². The van der Waals surface area contributed by atoms with Crippen LogP contribution in [0.25, 0.3) is 10.8 Å². The number of nitrogens with one attached hydrogen (secondary N) is 1. The van der Waals surface area contributed by atoms with Crippen LogP contribution >= 0.6 is 11.3 Å². The maximum absolute atomic E-state index is 13.1. The number of nitrogens with zero attached hydrogens (tertiary/aromatic N) is 4. The summed E-state index contributed by atoms with van der Waals surface area (Å²) in [4.78, 5) is 1.18. The van der Waals surface area contributed by atoms with Gasteiger partial charge in [-0.1, -0.05) is 6.07 Å². The second-order valence-corrected chi connectivity index (χ2v) is 9.21. The number of aromatic nitrogens is 4. The van der Waals surface area contributed by atoms with E-state index in [9.17, 15) is 8.42 Å². The molecule has 0 amide bonds. The zero-order valence-electron chi connectivity index (χ0n) is 14.5. The van der Waals surface area contributed by atoms with Crippen molar-refractivity contribution >= 4 is 21.4 Å². The van der Waals surface area contributed by atoms with Crippen molar-refractivity contribution in [2.45, 2.75) is 37.5 Å². The predicted molar refractivity (Wildman–Crippen MR) is 96.4 cm³/mol. The highest BCUT2D eigenvalue weighted by molar-refractivity contribution is 7.89. The molecule has 1 aliphatic heterocycles. The molecule has 1 unspecified atom stereocenters. The number of rotatable bonds is 4. The number of thiophene rings is 1. The summed E-state index contributed by atoms with van der Waals surface area (Å²) >= 11 is 1.53. The molecule has 1 atom stereocenters. The largest absolute Gasteiger partial charge is 0.420 e. The van der Waals surface area contributed by atoms with Crippen molar-refractivity contribution in [3.8, 4) is 10.8 Å². The lowest BCUT2D eigenvalue weighted by Crippen LogP contribution is -2.39. The number of hydrogen-bond donors (Lipinski definition) is 1. The molecule has 1 N–H and O–H groups in total. The van der Waals surface area contributed by atoms with Crippen molar-refractivity contribution in [3.63, 3.8) is 0 Å². The molecule has 26 heavy (non-hydrogen) atoms. The molecule has 8 nitrogen and oxygen atoms in total. The maximum atomic E-state index is 13.1. The van der Waals surface area contributed by atoms with Crippen LogP contribution in [0.1, 0.15) is 36.0 Å². The van der Waals surface area contributed by atoms with Gasteiger partial charge in [-0.25, -0.2) is 8.42 Å². The monoisotopic (exact) mass is 393 g/mol. The SMILES string of the molecule is Cc1n[nH]c(C)c1S(=O)(=O)N1CCCC(c2nnc(-c3cccs3)o2)C1. The minimum atomic E-state index is -3.61. The second kappa shape index (κ2) is 6.60. The van der Waals surface area contributed by atoms with Gasteiger partial charge in [-0.3, -0.25) is 5.10 Å². The molecule has 3 aromatic heterocycles. The molecule has 4 heterocycles. The summed E-state index contributed by atoms with van der Waals surface area (Å²) in [7, 11) is -3.61. The maximum Gasteiger partial charge on any atom is 0.257 e. The van der Waals surface area contributed by atoms with Gasteiger partial charge in [0.25, 0.3) is 5.89 Å². The molecule has 0 bridgehead atoms. The molecule has 4 rings (SSSR count). The fourth-order valence-corrected chi connectivity index (χ4v) is 5.81. The number of sulfonamides is 1. The molecule has 1 saturated heterocycles. The molecule has 0 spiro atoms. The first-order valence-corrected chi connectivity index (χ1v) is 10.7. The third kappa shape index (κ3) is 2.97. The Hall–Kier alpha value is -2.04. The Morgan fingerprint density at radius 1 is 1.35 bits per heavy atom. The minimum absolute atomic E-state index is 0.104. The van der Waals surface area contributed by atoms with Crippen LogP contribution in [0.2, 0.25) is 0 Å². The first-order valence-electron chi connectivity index (χ1n) is 8.36. The Morgan fingerprint density at radius 2 is 2.19 bits per heavy atom. The molecular weight excluding hydrogens is 374 g/mol. The van der Waals surface area contributed by atoms with Crippen molar-refractivity contribution in [1.82, 2.24) is 24.7 Å². The van der Waals surface area contributed by atoms with E-state index in [0.717, 1.165) is 17.7 Å². The Labute approximate surface area is 155 Å². The van der Waals surface area contributed by atoms with Gasteiger partial charge in [0.05, 0.1) is 22.2 Å². The van der Waals surface area contributed by atoms with E-state index in [1.165, 1.54) is 15.6 Å². The van der Waals surface area contributed by atoms with E-state index < -0.39 is 10.0 Å². The van der Waals surface area contributed by atoms with E-state index >= 15 is 0 Å². The molecule has 1 fully saturated rings. The Bertz CT molecular complexity index is 987. The van der Waals surface area contributed by atoms with Crippen LogP contribution in [0.5, 0.6) is 0 Å². The van der Waals surface area contributed by atoms with E-state index in [1.54, 1.807) is 13.8 Å². The highest BCUT2D eigenvalue weighted by Crippen LogP contribution is 2.33. The van der Waals surface area contributed by atoms with Gasteiger partial charge < -0.3 is 4.42 Å². The van der Waals surface area contributed by atoms with E-state index in [0.29, 0.717) is 36.3 Å². The average molecular weight is 393 g/mol. The van der Waals surface area contributed by atoms with Crippen molar-refractivity contribution in [2.24, 2.45) is 0 Å². The van der Waals surface area contributed by atoms with Crippen LogP contribution in [0.4, 0.5) is 0 Å². The number of piperidine rings is 1. The Kier molecular flexibility index (Phi) is 4.41. The first kappa shape index (κ1) is 17.4. The van der Waals surface area contributed by atoms with Crippen LogP contribution in [0.3, 0.4) is 0 Å². The Balaban J connectivity index is 1.58. The van der Waals surface area contributed by atoms with Gasteiger partial charge in [-0.05, 0) is 38.1 Å². The highest BCUT2D eigenvalue weighted by atomic mass is 32.2. The van der Waals surface area contributed by atoms with E-state index in [2.05, 4.69) is 20.4 Å². The molecule has 0 radical (unpaired) electrons. The standard InChI is InChI=1S/C16H19N5O3S2/c1-10-14(11(2)18-17-10)26(22,23)21-7-3-5-12(9-21)15-19-20-16(24-15)13-6-4-8-25-13/h4,6,8,12H,3,5,7,9H2,1-2H3,(H,17,18). The summed E-state index contributed by atoms with van der Waals surface area (Å²) in [6.45, 7) is 4.23. The van der Waals surface area contributed by atoms with Crippen LogP contribution in [0, 0.1) is 13.8 Å². The average Bonchev–Trinajstić information content (AvgIpc) is 3.35. The topological polar surface area (TPSA) is 105 Å². The van der Waals surface area contributed by atoms with E-state index in [4.69, 9.17) is 4.42 Å². The normalized spacial score (nSPS) is 19.1. The van der Waals surface area contributed by atoms with E-state index in [-0.39, 0.29) is 10.8 Å². The van der Waals surface area contributed by atoms with Gasteiger partial charge in [0, 0.05) is 13.1 Å². The van der Waals surface area contributed by atoms with Crippen molar-refractivity contribution in [1.29, 1.82) is 0 Å². The molecule has 0 saturated carbocycles. The lowest BCUT2D eigenvalue weighted by molar-refractivity contribution is 0.286. The minimum Gasteiger partial charge on any atom is -0.420 e. The van der Waals surface area contributed by atoms with Crippen LogP contribution < -0.4 is 0 Å². The molecule has 138 valence electrons. The predicted octanol–water partition coefficient (Wildman–Crippen LogP) is 2.71. The van der Waals surface area contributed by atoms with Crippen LogP contribution in [0.15, 0.2) is 26.8 Å². The third-order valence-corrected chi connectivity index (χ3v) is 7.55. The van der Waals surface area contributed by atoms with Gasteiger partial charge >= 0.3 is 0 Å². The van der Waals surface area contributed by atoms with Gasteiger partial charge in [-0.2, -0.15) is 9.40 Å². The summed E-state index contributed by atoms with van der Waals surface area (Å²) in [5.74, 6) is 0.873. The van der Waals surface area contributed by atoms with Crippen molar-refractivity contribution in [3.05, 3.63) is 34.8 Å². The number of hydrogen-bond acceptors (Lipinski definition) is 7. The molecule has 0 aromatic carbocycles. The summed E-state index contributed by atoms with van der Waals surface area (Å²) < 4.78 is 33.4.